The normalized spacial score (nSPS) is 18.5. The molecule has 0 bridgehead atoms. The van der Waals surface area contributed by atoms with Crippen molar-refractivity contribution in [1.29, 1.82) is 5.26 Å². The molecule has 1 aliphatic carbocycles. The number of aliphatic imine (C=N–C) groups is 2. The highest BCUT2D eigenvalue weighted by Crippen LogP contribution is 2.33. The molecule has 148 valence electrons. The summed E-state index contributed by atoms with van der Waals surface area (Å²) >= 11 is 0. The average Bonchev–Trinajstić information content (AvgIpc) is 3.20. The van der Waals surface area contributed by atoms with Crippen LogP contribution < -0.4 is 0 Å². The number of hydrogen-bond acceptors (Lipinski definition) is 4. The van der Waals surface area contributed by atoms with Crippen molar-refractivity contribution in [3.63, 3.8) is 0 Å². The monoisotopic (exact) mass is 407 g/mol. The van der Waals surface area contributed by atoms with E-state index in [1.807, 2.05) is 6.07 Å². The number of alkyl halides is 3. The maximum atomic E-state index is 12.9. The van der Waals surface area contributed by atoms with Crippen molar-refractivity contribution >= 4 is 23.5 Å². The number of halogens is 3. The first-order chi connectivity index (χ1) is 14.3. The first kappa shape index (κ1) is 19.3. The van der Waals surface area contributed by atoms with Crippen molar-refractivity contribution in [2.75, 3.05) is 0 Å². The third-order valence-corrected chi connectivity index (χ3v) is 4.47. The van der Waals surface area contributed by atoms with E-state index in [0.29, 0.717) is 5.71 Å². The highest BCUT2D eigenvalue weighted by Gasteiger charge is 2.31. The molecule has 1 amide bonds. The molecule has 0 fully saturated rings. The van der Waals surface area contributed by atoms with Crippen LogP contribution >= 0.6 is 0 Å². The number of nitriles is 1. The molecular formula is C22H12F3N3O2. The Morgan fingerprint density at radius 2 is 2.00 bits per heavy atom. The fraction of sp³-hybridized carbons (Fsp3) is 0.0909. The van der Waals surface area contributed by atoms with E-state index in [9.17, 15) is 23.2 Å². The smallest absolute Gasteiger partial charge is 0.416 e. The first-order valence-electron chi connectivity index (χ1n) is 8.81. The summed E-state index contributed by atoms with van der Waals surface area (Å²) in [4.78, 5) is 20.4. The summed E-state index contributed by atoms with van der Waals surface area (Å²) in [6, 6.07) is 9.68. The number of carbonyl (C=O) groups excluding carboxylic acids is 1. The molecule has 4 rings (SSSR count). The van der Waals surface area contributed by atoms with Crippen LogP contribution in [-0.4, -0.2) is 17.5 Å². The second-order valence-corrected chi connectivity index (χ2v) is 6.48. The minimum Gasteiger partial charge on any atom is -0.457 e. The number of benzene rings is 1. The summed E-state index contributed by atoms with van der Waals surface area (Å²) in [6.07, 6.45) is 3.67. The van der Waals surface area contributed by atoms with E-state index in [0.717, 1.165) is 12.1 Å². The van der Waals surface area contributed by atoms with Gasteiger partial charge in [-0.15, -0.1) is 0 Å². The quantitative estimate of drug-likeness (QED) is 0.672. The number of rotatable bonds is 3. The SMILES string of the molecule is N#C/C(=C\c1ccc(-c2cccc(C(F)(F)F)c2)o1)C1=NC(=O)C2C=CC=CC2=N1. The molecule has 30 heavy (non-hydrogen) atoms. The van der Waals surface area contributed by atoms with Crippen LogP contribution in [0.2, 0.25) is 0 Å². The van der Waals surface area contributed by atoms with Crippen LogP contribution in [0.25, 0.3) is 17.4 Å². The molecular weight excluding hydrogens is 395 g/mol. The summed E-state index contributed by atoms with van der Waals surface area (Å²) in [6.45, 7) is 0. The molecule has 1 aliphatic heterocycles. The Labute approximate surface area is 168 Å². The zero-order valence-corrected chi connectivity index (χ0v) is 15.2. The maximum absolute atomic E-state index is 12.9. The first-order valence-corrected chi connectivity index (χ1v) is 8.81. The van der Waals surface area contributed by atoms with Gasteiger partial charge < -0.3 is 4.42 Å². The van der Waals surface area contributed by atoms with E-state index >= 15 is 0 Å². The Balaban J connectivity index is 1.65. The summed E-state index contributed by atoms with van der Waals surface area (Å²) in [7, 11) is 0. The van der Waals surface area contributed by atoms with Gasteiger partial charge in [0.1, 0.15) is 29.1 Å². The van der Waals surface area contributed by atoms with E-state index in [1.54, 1.807) is 24.3 Å². The molecule has 8 heteroatoms. The lowest BCUT2D eigenvalue weighted by Gasteiger charge is -2.17. The molecule has 0 saturated carbocycles. The number of amides is 1. The lowest BCUT2D eigenvalue weighted by molar-refractivity contribution is -0.137. The molecule has 2 aliphatic rings. The fourth-order valence-electron chi connectivity index (χ4n) is 3.01. The average molecular weight is 407 g/mol. The zero-order chi connectivity index (χ0) is 21.3. The molecule has 1 aromatic carbocycles. The number of furan rings is 1. The third kappa shape index (κ3) is 3.78. The van der Waals surface area contributed by atoms with Crippen LogP contribution in [0.1, 0.15) is 11.3 Å². The van der Waals surface area contributed by atoms with Crippen LogP contribution in [-0.2, 0) is 11.0 Å². The van der Waals surface area contributed by atoms with Gasteiger partial charge in [-0.3, -0.25) is 4.79 Å². The largest absolute Gasteiger partial charge is 0.457 e. The van der Waals surface area contributed by atoms with Crippen molar-refractivity contribution in [3.05, 3.63) is 77.6 Å². The van der Waals surface area contributed by atoms with Crippen molar-refractivity contribution in [2.24, 2.45) is 15.9 Å². The van der Waals surface area contributed by atoms with Crippen LogP contribution in [0.4, 0.5) is 13.2 Å². The van der Waals surface area contributed by atoms with Crippen LogP contribution in [0.15, 0.2) is 80.7 Å². The number of allylic oxidation sites excluding steroid dienone is 3. The molecule has 1 atom stereocenters. The lowest BCUT2D eigenvalue weighted by Crippen LogP contribution is -2.27. The second-order valence-electron chi connectivity index (χ2n) is 6.48. The van der Waals surface area contributed by atoms with E-state index in [-0.39, 0.29) is 28.5 Å². The van der Waals surface area contributed by atoms with E-state index in [4.69, 9.17) is 4.42 Å². The second kappa shape index (κ2) is 7.44. The van der Waals surface area contributed by atoms with Gasteiger partial charge in [-0.05, 0) is 30.3 Å². The lowest BCUT2D eigenvalue weighted by atomic mass is 9.96. The van der Waals surface area contributed by atoms with E-state index in [1.165, 1.54) is 30.3 Å². The molecule has 1 unspecified atom stereocenters. The minimum atomic E-state index is -4.47. The molecule has 1 aromatic heterocycles. The summed E-state index contributed by atoms with van der Waals surface area (Å²) in [5, 5.41) is 9.49. The molecule has 0 radical (unpaired) electrons. The Bertz CT molecular complexity index is 1220. The molecule has 5 nitrogen and oxygen atoms in total. The molecule has 2 heterocycles. The highest BCUT2D eigenvalue weighted by molar-refractivity contribution is 6.25. The third-order valence-electron chi connectivity index (χ3n) is 4.47. The van der Waals surface area contributed by atoms with Gasteiger partial charge in [0.15, 0.2) is 5.84 Å². The highest BCUT2D eigenvalue weighted by atomic mass is 19.4. The van der Waals surface area contributed by atoms with E-state index < -0.39 is 23.6 Å². The van der Waals surface area contributed by atoms with Gasteiger partial charge in [-0.25, -0.2) is 4.99 Å². The number of hydrogen-bond donors (Lipinski definition) is 0. The van der Waals surface area contributed by atoms with Crippen molar-refractivity contribution < 1.29 is 22.4 Å². The minimum absolute atomic E-state index is 0.00203. The molecule has 0 N–H and O–H groups in total. The summed E-state index contributed by atoms with van der Waals surface area (Å²) in [5.74, 6) is -0.602. The predicted molar refractivity (Wildman–Crippen MR) is 104 cm³/mol. The Morgan fingerprint density at radius 3 is 2.77 bits per heavy atom. The van der Waals surface area contributed by atoms with Crippen LogP contribution in [0, 0.1) is 17.2 Å². The van der Waals surface area contributed by atoms with Crippen molar-refractivity contribution in [3.8, 4) is 17.4 Å². The van der Waals surface area contributed by atoms with Crippen LogP contribution in [0.3, 0.4) is 0 Å². The maximum Gasteiger partial charge on any atom is 0.416 e. The van der Waals surface area contributed by atoms with Gasteiger partial charge in [0.05, 0.1) is 11.3 Å². The van der Waals surface area contributed by atoms with Gasteiger partial charge in [-0.1, -0.05) is 30.4 Å². The van der Waals surface area contributed by atoms with Gasteiger partial charge in [-0.2, -0.15) is 23.4 Å². The Kier molecular flexibility index (Phi) is 4.80. The summed E-state index contributed by atoms with van der Waals surface area (Å²) in [5.41, 5.74) is -0.0587. The van der Waals surface area contributed by atoms with Gasteiger partial charge >= 0.3 is 6.18 Å². The Morgan fingerprint density at radius 1 is 1.17 bits per heavy atom. The molecule has 2 aromatic rings. The van der Waals surface area contributed by atoms with Gasteiger partial charge in [0.2, 0.25) is 0 Å². The van der Waals surface area contributed by atoms with Crippen molar-refractivity contribution in [2.45, 2.75) is 6.18 Å². The Hall–Kier alpha value is -3.99. The van der Waals surface area contributed by atoms with Crippen molar-refractivity contribution in [1.82, 2.24) is 0 Å². The number of nitrogens with zero attached hydrogens (tertiary/aromatic N) is 3. The van der Waals surface area contributed by atoms with Crippen LogP contribution in [0.5, 0.6) is 0 Å². The van der Waals surface area contributed by atoms with Gasteiger partial charge in [0, 0.05) is 11.6 Å². The molecule has 0 spiro atoms. The number of carbonyl (C=O) groups is 1. The zero-order valence-electron chi connectivity index (χ0n) is 15.2. The number of fused-ring (bicyclic) bond motifs is 1. The van der Waals surface area contributed by atoms with E-state index in [2.05, 4.69) is 9.98 Å². The topological polar surface area (TPSA) is 78.7 Å². The standard InChI is InChI=1S/C22H12F3N3O2/c23-22(24,25)15-5-3-4-13(10-15)19-9-8-16(30-19)11-14(12-26)20-27-18-7-2-1-6-17(18)21(29)28-20/h1-11,17H/b14-11+. The fourth-order valence-corrected chi connectivity index (χ4v) is 3.01. The summed E-state index contributed by atoms with van der Waals surface area (Å²) < 4.78 is 44.4. The molecule has 0 saturated heterocycles. The predicted octanol–water partition coefficient (Wildman–Crippen LogP) is 4.99. The van der Waals surface area contributed by atoms with Gasteiger partial charge in [0.25, 0.3) is 5.91 Å². The number of amidine groups is 1.